The molecule has 1 aromatic carbocycles. The zero-order valence-electron chi connectivity index (χ0n) is 15.4. The average molecular weight is 358 g/mol. The number of rotatable bonds is 6. The Morgan fingerprint density at radius 1 is 1.19 bits per heavy atom. The summed E-state index contributed by atoms with van der Waals surface area (Å²) >= 11 is 0. The van der Waals surface area contributed by atoms with Crippen LogP contribution in [-0.4, -0.2) is 41.3 Å². The number of ketones is 1. The maximum absolute atomic E-state index is 12.9. The number of Topliss-reactive ketones (excluding diaryl/α,β-unsaturated/α-hetero) is 1. The molecule has 26 heavy (non-hydrogen) atoms. The van der Waals surface area contributed by atoms with E-state index in [1.54, 1.807) is 24.3 Å². The number of imide groups is 1. The van der Waals surface area contributed by atoms with Gasteiger partial charge in [-0.25, -0.2) is 4.79 Å². The number of nitrogens with zero attached hydrogens (tertiary/aromatic N) is 1. The molecule has 2 fully saturated rings. The van der Waals surface area contributed by atoms with Crippen LogP contribution in [0.4, 0.5) is 4.79 Å². The van der Waals surface area contributed by atoms with Gasteiger partial charge in [-0.2, -0.15) is 0 Å². The summed E-state index contributed by atoms with van der Waals surface area (Å²) in [7, 11) is 0. The Morgan fingerprint density at radius 2 is 1.85 bits per heavy atom. The Balaban J connectivity index is 1.67. The summed E-state index contributed by atoms with van der Waals surface area (Å²) in [4.78, 5) is 38.8. The van der Waals surface area contributed by atoms with E-state index in [1.165, 1.54) is 0 Å². The molecule has 0 atom stereocenters. The Kier molecular flexibility index (Phi) is 5.30. The second kappa shape index (κ2) is 7.48. The molecule has 1 saturated heterocycles. The first kappa shape index (κ1) is 18.4. The van der Waals surface area contributed by atoms with Crippen molar-refractivity contribution in [3.05, 3.63) is 29.8 Å². The average Bonchev–Trinajstić information content (AvgIpc) is 2.87. The number of amides is 3. The van der Waals surface area contributed by atoms with Crippen LogP contribution in [0.1, 0.15) is 56.3 Å². The number of benzene rings is 1. The van der Waals surface area contributed by atoms with E-state index in [4.69, 9.17) is 4.74 Å². The van der Waals surface area contributed by atoms with Gasteiger partial charge < -0.3 is 10.1 Å². The zero-order valence-corrected chi connectivity index (χ0v) is 15.4. The van der Waals surface area contributed by atoms with E-state index in [0.29, 0.717) is 36.7 Å². The third-order valence-electron chi connectivity index (χ3n) is 5.57. The Labute approximate surface area is 153 Å². The van der Waals surface area contributed by atoms with Gasteiger partial charge in [-0.05, 0) is 62.8 Å². The van der Waals surface area contributed by atoms with E-state index in [2.05, 4.69) is 12.2 Å². The van der Waals surface area contributed by atoms with E-state index in [1.807, 2.05) is 6.92 Å². The van der Waals surface area contributed by atoms with Gasteiger partial charge in [0, 0.05) is 5.56 Å². The zero-order chi connectivity index (χ0) is 18.7. The Morgan fingerprint density at radius 3 is 2.42 bits per heavy atom. The third-order valence-corrected chi connectivity index (χ3v) is 5.57. The minimum absolute atomic E-state index is 0.225. The number of carbonyl (C=O) groups is 3. The number of nitrogens with one attached hydrogen (secondary N) is 1. The quantitative estimate of drug-likeness (QED) is 0.626. The Bertz CT molecular complexity index is 690. The summed E-state index contributed by atoms with van der Waals surface area (Å²) in [5.41, 5.74) is -0.341. The molecule has 6 nitrogen and oxygen atoms in total. The van der Waals surface area contributed by atoms with Crippen LogP contribution in [0.5, 0.6) is 5.75 Å². The molecule has 2 aliphatic rings. The largest absolute Gasteiger partial charge is 0.494 e. The van der Waals surface area contributed by atoms with Crippen molar-refractivity contribution in [3.8, 4) is 5.75 Å². The molecule has 0 bridgehead atoms. The lowest BCUT2D eigenvalue weighted by Crippen LogP contribution is -2.49. The summed E-state index contributed by atoms with van der Waals surface area (Å²) in [5, 5.41) is 2.86. The molecule has 1 saturated carbocycles. The second-order valence-corrected chi connectivity index (χ2v) is 7.14. The van der Waals surface area contributed by atoms with E-state index < -0.39 is 11.6 Å². The highest BCUT2D eigenvalue weighted by Gasteiger charge is 2.52. The lowest BCUT2D eigenvalue weighted by atomic mass is 9.75. The minimum Gasteiger partial charge on any atom is -0.494 e. The van der Waals surface area contributed by atoms with Crippen molar-refractivity contribution in [2.24, 2.45) is 5.92 Å². The van der Waals surface area contributed by atoms with Crippen LogP contribution >= 0.6 is 0 Å². The first-order valence-electron chi connectivity index (χ1n) is 9.39. The van der Waals surface area contributed by atoms with Gasteiger partial charge in [0.15, 0.2) is 5.78 Å². The molecule has 1 aliphatic carbocycles. The summed E-state index contributed by atoms with van der Waals surface area (Å²) < 4.78 is 5.36. The van der Waals surface area contributed by atoms with Crippen LogP contribution < -0.4 is 10.1 Å². The predicted octanol–water partition coefficient (Wildman–Crippen LogP) is 3.16. The number of ether oxygens (including phenoxy) is 1. The molecule has 0 unspecified atom stereocenters. The predicted molar refractivity (Wildman–Crippen MR) is 97.2 cm³/mol. The van der Waals surface area contributed by atoms with Crippen molar-refractivity contribution in [1.82, 2.24) is 10.2 Å². The third kappa shape index (κ3) is 3.45. The lowest BCUT2D eigenvalue weighted by Gasteiger charge is -2.34. The summed E-state index contributed by atoms with van der Waals surface area (Å²) in [6, 6.07) is 6.30. The van der Waals surface area contributed by atoms with Gasteiger partial charge in [-0.1, -0.05) is 13.3 Å². The molecular weight excluding hydrogens is 332 g/mol. The van der Waals surface area contributed by atoms with E-state index in [9.17, 15) is 14.4 Å². The van der Waals surface area contributed by atoms with Crippen molar-refractivity contribution in [2.45, 2.75) is 51.5 Å². The number of hydrogen-bond donors (Lipinski definition) is 1. The number of urea groups is 1. The molecular formula is C20H26N2O4. The van der Waals surface area contributed by atoms with Crippen molar-refractivity contribution in [3.63, 3.8) is 0 Å². The first-order chi connectivity index (χ1) is 12.5. The maximum Gasteiger partial charge on any atom is 0.325 e. The molecule has 0 radical (unpaired) electrons. The van der Waals surface area contributed by atoms with Crippen LogP contribution in [0.2, 0.25) is 0 Å². The lowest BCUT2D eigenvalue weighted by molar-refractivity contribution is -0.132. The molecule has 3 amide bonds. The molecule has 1 spiro atoms. The van der Waals surface area contributed by atoms with Crippen LogP contribution in [0.25, 0.3) is 0 Å². The fourth-order valence-electron chi connectivity index (χ4n) is 3.88. The van der Waals surface area contributed by atoms with Crippen LogP contribution in [0.3, 0.4) is 0 Å². The molecule has 3 rings (SSSR count). The fourth-order valence-corrected chi connectivity index (χ4v) is 3.88. The number of hydrogen-bond acceptors (Lipinski definition) is 4. The van der Waals surface area contributed by atoms with Crippen molar-refractivity contribution in [1.29, 1.82) is 0 Å². The van der Waals surface area contributed by atoms with Gasteiger partial charge in [0.25, 0.3) is 5.91 Å². The van der Waals surface area contributed by atoms with Crippen LogP contribution in [0.15, 0.2) is 24.3 Å². The van der Waals surface area contributed by atoms with Crippen molar-refractivity contribution < 1.29 is 19.1 Å². The van der Waals surface area contributed by atoms with Crippen molar-refractivity contribution >= 4 is 17.7 Å². The van der Waals surface area contributed by atoms with Gasteiger partial charge >= 0.3 is 6.03 Å². The summed E-state index contributed by atoms with van der Waals surface area (Å²) in [6.45, 7) is 4.37. The second-order valence-electron chi connectivity index (χ2n) is 7.14. The number of carbonyl (C=O) groups excluding carboxylic acids is 3. The highest BCUT2D eigenvalue weighted by Crippen LogP contribution is 2.37. The molecule has 0 aromatic heterocycles. The minimum atomic E-state index is -0.804. The molecule has 6 heteroatoms. The van der Waals surface area contributed by atoms with Gasteiger partial charge in [-0.15, -0.1) is 0 Å². The molecule has 1 N–H and O–H groups in total. The fraction of sp³-hybridized carbons (Fsp3) is 0.550. The highest BCUT2D eigenvalue weighted by atomic mass is 16.5. The smallest absolute Gasteiger partial charge is 0.325 e. The summed E-state index contributed by atoms with van der Waals surface area (Å²) in [5.74, 6) is 0.794. The normalized spacial score (nSPS) is 25.5. The Hall–Kier alpha value is -2.37. The molecule has 140 valence electrons. The molecule has 1 aromatic rings. The van der Waals surface area contributed by atoms with E-state index in [0.717, 1.165) is 24.2 Å². The van der Waals surface area contributed by atoms with Gasteiger partial charge in [-0.3, -0.25) is 14.5 Å². The highest BCUT2D eigenvalue weighted by molar-refractivity contribution is 6.11. The van der Waals surface area contributed by atoms with Crippen molar-refractivity contribution in [2.75, 3.05) is 13.2 Å². The molecule has 1 heterocycles. The van der Waals surface area contributed by atoms with Crippen LogP contribution in [-0.2, 0) is 4.79 Å². The van der Waals surface area contributed by atoms with Gasteiger partial charge in [0.1, 0.15) is 11.3 Å². The van der Waals surface area contributed by atoms with Crippen LogP contribution in [0, 0.1) is 5.92 Å². The van der Waals surface area contributed by atoms with Gasteiger partial charge in [0.05, 0.1) is 13.2 Å². The monoisotopic (exact) mass is 358 g/mol. The molecule has 1 aliphatic heterocycles. The SMILES string of the molecule is CCOc1ccc(C(=O)CN2C(=O)NC3(CCC(CC)CC3)C2=O)cc1. The first-order valence-corrected chi connectivity index (χ1v) is 9.39. The van der Waals surface area contributed by atoms with E-state index in [-0.39, 0.29) is 18.2 Å². The topological polar surface area (TPSA) is 75.7 Å². The van der Waals surface area contributed by atoms with Gasteiger partial charge in [0.2, 0.25) is 0 Å². The maximum atomic E-state index is 12.9. The summed E-state index contributed by atoms with van der Waals surface area (Å²) in [6.07, 6.45) is 4.28. The van der Waals surface area contributed by atoms with E-state index >= 15 is 0 Å². The standard InChI is InChI=1S/C20H26N2O4/c1-3-14-9-11-20(12-10-14)18(24)22(19(25)21-20)13-17(23)15-5-7-16(8-6-15)26-4-2/h5-8,14H,3-4,9-13H2,1-2H3,(H,21,25).